The lowest BCUT2D eigenvalue weighted by Gasteiger charge is -2.19. The third kappa shape index (κ3) is 4.74. The van der Waals surface area contributed by atoms with Crippen LogP contribution in [0, 0.1) is 6.92 Å². The minimum Gasteiger partial charge on any atom is -0.378 e. The molecule has 0 aliphatic heterocycles. The molecular formula is C19H25N3O. The largest absolute Gasteiger partial charge is 0.378 e. The molecule has 0 saturated carbocycles. The number of anilines is 1. The molecule has 0 spiro atoms. The molecule has 0 aliphatic rings. The van der Waals surface area contributed by atoms with Crippen LogP contribution in [0.25, 0.3) is 0 Å². The lowest BCUT2D eigenvalue weighted by Crippen LogP contribution is -2.36. The van der Waals surface area contributed by atoms with E-state index in [0.29, 0.717) is 13.1 Å². The highest BCUT2D eigenvalue weighted by molar-refractivity contribution is 5.73. The summed E-state index contributed by atoms with van der Waals surface area (Å²) in [7, 11) is 5.84. The molecule has 0 atom stereocenters. The second-order valence-corrected chi connectivity index (χ2v) is 6.00. The minimum absolute atomic E-state index is 0.0649. The Balaban J connectivity index is 1.87. The summed E-state index contributed by atoms with van der Waals surface area (Å²) in [5, 5.41) is 2.96. The summed E-state index contributed by atoms with van der Waals surface area (Å²) in [5.41, 5.74) is 4.61. The minimum atomic E-state index is -0.0649. The highest BCUT2D eigenvalue weighted by Crippen LogP contribution is 2.12. The molecule has 0 fully saturated rings. The molecule has 0 radical (unpaired) electrons. The number of aryl methyl sites for hydroxylation is 1. The van der Waals surface area contributed by atoms with Crippen molar-refractivity contribution in [1.29, 1.82) is 0 Å². The van der Waals surface area contributed by atoms with Crippen molar-refractivity contribution in [2.75, 3.05) is 26.0 Å². The third-order valence-electron chi connectivity index (χ3n) is 3.91. The van der Waals surface area contributed by atoms with Crippen LogP contribution >= 0.6 is 0 Å². The Morgan fingerprint density at radius 2 is 1.65 bits per heavy atom. The van der Waals surface area contributed by atoms with Crippen LogP contribution in [0.1, 0.15) is 16.7 Å². The molecule has 2 rings (SSSR count). The standard InChI is InChI=1S/C19H25N3O/c1-15-7-5-6-8-17(15)14-22(4)19(23)20-13-16-9-11-18(12-10-16)21(2)3/h5-12H,13-14H2,1-4H3,(H,20,23). The quantitative estimate of drug-likeness (QED) is 0.918. The topological polar surface area (TPSA) is 35.6 Å². The van der Waals surface area contributed by atoms with Gasteiger partial charge in [0.25, 0.3) is 0 Å². The van der Waals surface area contributed by atoms with Crippen LogP contribution in [-0.2, 0) is 13.1 Å². The second kappa shape index (κ2) is 7.68. The van der Waals surface area contributed by atoms with Crippen molar-refractivity contribution in [3.05, 3.63) is 65.2 Å². The fourth-order valence-corrected chi connectivity index (χ4v) is 2.34. The second-order valence-electron chi connectivity index (χ2n) is 6.00. The van der Waals surface area contributed by atoms with Crippen molar-refractivity contribution in [2.45, 2.75) is 20.0 Å². The van der Waals surface area contributed by atoms with Gasteiger partial charge >= 0.3 is 6.03 Å². The maximum atomic E-state index is 12.2. The zero-order valence-electron chi connectivity index (χ0n) is 14.3. The van der Waals surface area contributed by atoms with Crippen molar-refractivity contribution in [1.82, 2.24) is 10.2 Å². The van der Waals surface area contributed by atoms with E-state index in [2.05, 4.69) is 41.4 Å². The molecule has 122 valence electrons. The highest BCUT2D eigenvalue weighted by Gasteiger charge is 2.09. The van der Waals surface area contributed by atoms with E-state index in [4.69, 9.17) is 0 Å². The first-order chi connectivity index (χ1) is 11.0. The van der Waals surface area contributed by atoms with E-state index >= 15 is 0 Å². The number of benzene rings is 2. The number of carbonyl (C=O) groups excluding carboxylic acids is 1. The smallest absolute Gasteiger partial charge is 0.317 e. The number of nitrogens with zero attached hydrogens (tertiary/aromatic N) is 2. The summed E-state index contributed by atoms with van der Waals surface area (Å²) < 4.78 is 0. The summed E-state index contributed by atoms with van der Waals surface area (Å²) in [4.78, 5) is 16.0. The van der Waals surface area contributed by atoms with Gasteiger partial charge in [0.15, 0.2) is 0 Å². The van der Waals surface area contributed by atoms with Gasteiger partial charge in [0.05, 0.1) is 0 Å². The lowest BCUT2D eigenvalue weighted by molar-refractivity contribution is 0.206. The van der Waals surface area contributed by atoms with Crippen molar-refractivity contribution in [3.8, 4) is 0 Å². The summed E-state index contributed by atoms with van der Waals surface area (Å²) in [6, 6.07) is 16.2. The lowest BCUT2D eigenvalue weighted by atomic mass is 10.1. The van der Waals surface area contributed by atoms with Gasteiger partial charge in [-0.15, -0.1) is 0 Å². The van der Waals surface area contributed by atoms with Crippen LogP contribution in [0.15, 0.2) is 48.5 Å². The predicted molar refractivity (Wildman–Crippen MR) is 95.7 cm³/mol. The molecule has 0 bridgehead atoms. The van der Waals surface area contributed by atoms with Gasteiger partial charge in [-0.1, -0.05) is 36.4 Å². The van der Waals surface area contributed by atoms with Crippen molar-refractivity contribution in [3.63, 3.8) is 0 Å². The van der Waals surface area contributed by atoms with Gasteiger partial charge in [-0.2, -0.15) is 0 Å². The highest BCUT2D eigenvalue weighted by atomic mass is 16.2. The van der Waals surface area contributed by atoms with Crippen LogP contribution in [0.3, 0.4) is 0 Å². The van der Waals surface area contributed by atoms with Gasteiger partial charge in [-0.05, 0) is 35.7 Å². The van der Waals surface area contributed by atoms with Crippen LogP contribution in [-0.4, -0.2) is 32.1 Å². The fourth-order valence-electron chi connectivity index (χ4n) is 2.34. The number of hydrogen-bond donors (Lipinski definition) is 1. The van der Waals surface area contributed by atoms with E-state index in [-0.39, 0.29) is 6.03 Å². The number of urea groups is 1. The third-order valence-corrected chi connectivity index (χ3v) is 3.91. The number of amides is 2. The SMILES string of the molecule is Cc1ccccc1CN(C)C(=O)NCc1ccc(N(C)C)cc1. The molecule has 1 N–H and O–H groups in total. The summed E-state index contributed by atoms with van der Waals surface area (Å²) in [6.07, 6.45) is 0. The maximum absolute atomic E-state index is 12.2. The predicted octanol–water partition coefficient (Wildman–Crippen LogP) is 3.40. The molecule has 2 aromatic rings. The van der Waals surface area contributed by atoms with Crippen molar-refractivity contribution in [2.24, 2.45) is 0 Å². The summed E-state index contributed by atoms with van der Waals surface area (Å²) in [6.45, 7) is 3.20. The average molecular weight is 311 g/mol. The van der Waals surface area contributed by atoms with Gasteiger partial charge in [0.1, 0.15) is 0 Å². The molecular weight excluding hydrogens is 286 g/mol. The number of carbonyl (C=O) groups is 1. The first kappa shape index (κ1) is 16.9. The van der Waals surface area contributed by atoms with Gasteiger partial charge in [-0.25, -0.2) is 4.79 Å². The van der Waals surface area contributed by atoms with E-state index in [1.54, 1.807) is 4.90 Å². The molecule has 4 heteroatoms. The van der Waals surface area contributed by atoms with E-state index in [9.17, 15) is 4.79 Å². The van der Waals surface area contributed by atoms with E-state index in [1.807, 2.05) is 45.4 Å². The molecule has 0 aliphatic carbocycles. The number of nitrogens with one attached hydrogen (secondary N) is 1. The number of rotatable bonds is 5. The average Bonchev–Trinajstić information content (AvgIpc) is 2.55. The van der Waals surface area contributed by atoms with Gasteiger partial charge in [0, 0.05) is 39.9 Å². The molecule has 2 amide bonds. The van der Waals surface area contributed by atoms with Crippen LogP contribution < -0.4 is 10.2 Å². The molecule has 4 nitrogen and oxygen atoms in total. The molecule has 0 saturated heterocycles. The first-order valence-corrected chi connectivity index (χ1v) is 7.77. The van der Waals surface area contributed by atoms with Crippen LogP contribution in [0.4, 0.5) is 10.5 Å². The summed E-state index contributed by atoms with van der Waals surface area (Å²) in [5.74, 6) is 0. The monoisotopic (exact) mass is 311 g/mol. The Bertz CT molecular complexity index is 650. The Hall–Kier alpha value is -2.49. The Labute approximate surface area is 138 Å². The van der Waals surface area contributed by atoms with Crippen LogP contribution in [0.5, 0.6) is 0 Å². The van der Waals surface area contributed by atoms with Gasteiger partial charge < -0.3 is 15.1 Å². The number of hydrogen-bond acceptors (Lipinski definition) is 2. The molecule has 0 heterocycles. The molecule has 2 aromatic carbocycles. The zero-order valence-corrected chi connectivity index (χ0v) is 14.3. The summed E-state index contributed by atoms with van der Waals surface area (Å²) >= 11 is 0. The van der Waals surface area contributed by atoms with Crippen molar-refractivity contribution < 1.29 is 4.79 Å². The zero-order chi connectivity index (χ0) is 16.8. The van der Waals surface area contributed by atoms with Crippen LogP contribution in [0.2, 0.25) is 0 Å². The van der Waals surface area contributed by atoms with E-state index in [1.165, 1.54) is 11.1 Å². The normalized spacial score (nSPS) is 10.3. The Morgan fingerprint density at radius 1 is 1.00 bits per heavy atom. The maximum Gasteiger partial charge on any atom is 0.317 e. The fraction of sp³-hybridized carbons (Fsp3) is 0.316. The van der Waals surface area contributed by atoms with E-state index in [0.717, 1.165) is 11.3 Å². The van der Waals surface area contributed by atoms with E-state index < -0.39 is 0 Å². The molecule has 23 heavy (non-hydrogen) atoms. The Kier molecular flexibility index (Phi) is 5.63. The van der Waals surface area contributed by atoms with Gasteiger partial charge in [0.2, 0.25) is 0 Å². The molecule has 0 unspecified atom stereocenters. The Morgan fingerprint density at radius 3 is 2.26 bits per heavy atom. The molecule has 0 aromatic heterocycles. The first-order valence-electron chi connectivity index (χ1n) is 7.77. The van der Waals surface area contributed by atoms with Gasteiger partial charge in [-0.3, -0.25) is 0 Å². The van der Waals surface area contributed by atoms with Crippen molar-refractivity contribution >= 4 is 11.7 Å².